The van der Waals surface area contributed by atoms with Gasteiger partial charge in [-0.15, -0.1) is 0 Å². The normalized spacial score (nSPS) is 34.1. The van der Waals surface area contributed by atoms with Crippen LogP contribution in [0.3, 0.4) is 0 Å². The van der Waals surface area contributed by atoms with Crippen molar-refractivity contribution in [3.8, 4) is 0 Å². The highest BCUT2D eigenvalue weighted by atomic mass is 19.1. The number of nitrogens with zero attached hydrogens (tertiary/aromatic N) is 1. The van der Waals surface area contributed by atoms with Crippen molar-refractivity contribution < 1.29 is 9.18 Å². The molecule has 1 amide bonds. The quantitative estimate of drug-likeness (QED) is 0.639. The lowest BCUT2D eigenvalue weighted by atomic mass is 10.0. The second-order valence-electron chi connectivity index (χ2n) is 3.89. The molecule has 0 spiro atoms. The summed E-state index contributed by atoms with van der Waals surface area (Å²) in [6.45, 7) is 2.30. The van der Waals surface area contributed by atoms with Crippen molar-refractivity contribution >= 4 is 5.91 Å². The van der Waals surface area contributed by atoms with Crippen LogP contribution >= 0.6 is 0 Å². The third-order valence-corrected chi connectivity index (χ3v) is 2.88. The fourth-order valence-corrected chi connectivity index (χ4v) is 2.05. The third-order valence-electron chi connectivity index (χ3n) is 2.88. The molecular weight excluding hydrogens is 171 g/mol. The second kappa shape index (κ2) is 3.25. The Hall–Kier alpha value is -0.640. The van der Waals surface area contributed by atoms with Crippen LogP contribution in [-0.4, -0.2) is 42.7 Å². The molecule has 0 aromatic rings. The van der Waals surface area contributed by atoms with E-state index < -0.39 is 5.67 Å². The van der Waals surface area contributed by atoms with Crippen molar-refractivity contribution in [3.63, 3.8) is 0 Å². The average Bonchev–Trinajstić information content (AvgIpc) is 2.73. The zero-order valence-electron chi connectivity index (χ0n) is 7.68. The molecule has 2 aliphatic rings. The molecule has 1 unspecified atom stereocenters. The molecule has 1 atom stereocenters. The van der Waals surface area contributed by atoms with Crippen molar-refractivity contribution in [1.82, 2.24) is 10.2 Å². The van der Waals surface area contributed by atoms with Crippen LogP contribution in [0, 0.1) is 0 Å². The molecule has 3 nitrogen and oxygen atoms in total. The smallest absolute Gasteiger partial charge is 0.261 e. The predicted octanol–water partition coefficient (Wildman–Crippen LogP) is 0.310. The van der Waals surface area contributed by atoms with Gasteiger partial charge in [-0.2, -0.15) is 0 Å². The molecule has 74 valence electrons. The highest BCUT2D eigenvalue weighted by Crippen LogP contribution is 2.24. The lowest BCUT2D eigenvalue weighted by Gasteiger charge is -2.24. The standard InChI is InChI=1S/C9H15FN2O/c10-9(3-4-11-7-9)8(13)12-5-1-2-6-12/h11H,1-7H2. The fourth-order valence-electron chi connectivity index (χ4n) is 2.05. The largest absolute Gasteiger partial charge is 0.340 e. The number of halogens is 1. The summed E-state index contributed by atoms with van der Waals surface area (Å²) in [6.07, 6.45) is 2.38. The number of carbonyl (C=O) groups is 1. The first-order valence-electron chi connectivity index (χ1n) is 4.91. The van der Waals surface area contributed by atoms with Gasteiger partial charge in [-0.3, -0.25) is 4.79 Å². The van der Waals surface area contributed by atoms with Crippen LogP contribution in [0.2, 0.25) is 0 Å². The van der Waals surface area contributed by atoms with Gasteiger partial charge in [0.25, 0.3) is 5.91 Å². The van der Waals surface area contributed by atoms with Crippen LogP contribution in [0.1, 0.15) is 19.3 Å². The molecule has 0 aromatic carbocycles. The van der Waals surface area contributed by atoms with Crippen LogP contribution in [0.15, 0.2) is 0 Å². The zero-order chi connectivity index (χ0) is 9.31. The van der Waals surface area contributed by atoms with Crippen LogP contribution in [0.4, 0.5) is 4.39 Å². The molecule has 0 radical (unpaired) electrons. The molecule has 0 bridgehead atoms. The first kappa shape index (κ1) is 8.94. The van der Waals surface area contributed by atoms with Crippen molar-refractivity contribution in [1.29, 1.82) is 0 Å². The maximum absolute atomic E-state index is 13.9. The second-order valence-corrected chi connectivity index (χ2v) is 3.89. The van der Waals surface area contributed by atoms with Gasteiger partial charge in [0.05, 0.1) is 0 Å². The Balaban J connectivity index is 2.02. The van der Waals surface area contributed by atoms with E-state index in [0.717, 1.165) is 25.9 Å². The summed E-state index contributed by atoms with van der Waals surface area (Å²) in [7, 11) is 0. The van der Waals surface area contributed by atoms with Gasteiger partial charge >= 0.3 is 0 Å². The number of rotatable bonds is 1. The minimum Gasteiger partial charge on any atom is -0.340 e. The Morgan fingerprint density at radius 2 is 2.08 bits per heavy atom. The molecule has 2 aliphatic heterocycles. The van der Waals surface area contributed by atoms with E-state index in [4.69, 9.17) is 0 Å². The number of hydrogen-bond donors (Lipinski definition) is 1. The Bertz CT molecular complexity index is 208. The molecule has 2 saturated heterocycles. The third kappa shape index (κ3) is 1.55. The average molecular weight is 186 g/mol. The lowest BCUT2D eigenvalue weighted by Crippen LogP contribution is -2.46. The summed E-state index contributed by atoms with van der Waals surface area (Å²) in [5, 5.41) is 2.89. The highest BCUT2D eigenvalue weighted by Gasteiger charge is 2.44. The lowest BCUT2D eigenvalue weighted by molar-refractivity contribution is -0.141. The summed E-state index contributed by atoms with van der Waals surface area (Å²) in [4.78, 5) is 13.3. The SMILES string of the molecule is O=C(N1CCCC1)C1(F)CCNC1. The van der Waals surface area contributed by atoms with Gasteiger partial charge in [0, 0.05) is 26.1 Å². The summed E-state index contributed by atoms with van der Waals surface area (Å²) in [5.74, 6) is -0.296. The minimum absolute atomic E-state index is 0.197. The van der Waals surface area contributed by atoms with Crippen molar-refractivity contribution in [2.75, 3.05) is 26.2 Å². The Morgan fingerprint density at radius 1 is 1.38 bits per heavy atom. The number of hydrogen-bond acceptors (Lipinski definition) is 2. The number of amides is 1. The fraction of sp³-hybridized carbons (Fsp3) is 0.889. The van der Waals surface area contributed by atoms with Gasteiger partial charge < -0.3 is 10.2 Å². The highest BCUT2D eigenvalue weighted by molar-refractivity contribution is 5.86. The van der Waals surface area contributed by atoms with Crippen molar-refractivity contribution in [2.45, 2.75) is 24.9 Å². The van der Waals surface area contributed by atoms with Gasteiger partial charge in [-0.25, -0.2) is 4.39 Å². The maximum Gasteiger partial charge on any atom is 0.261 e. The number of alkyl halides is 1. The Kier molecular flexibility index (Phi) is 2.24. The van der Waals surface area contributed by atoms with E-state index in [1.54, 1.807) is 4.90 Å². The molecule has 2 heterocycles. The van der Waals surface area contributed by atoms with Crippen LogP contribution in [-0.2, 0) is 4.79 Å². The molecule has 0 saturated carbocycles. The van der Waals surface area contributed by atoms with E-state index in [1.165, 1.54) is 0 Å². The monoisotopic (exact) mass is 186 g/mol. The van der Waals surface area contributed by atoms with E-state index >= 15 is 0 Å². The topological polar surface area (TPSA) is 32.3 Å². The van der Waals surface area contributed by atoms with E-state index in [2.05, 4.69) is 5.32 Å². The predicted molar refractivity (Wildman–Crippen MR) is 47.1 cm³/mol. The number of carbonyl (C=O) groups excluding carboxylic acids is 1. The molecule has 2 fully saturated rings. The zero-order valence-corrected chi connectivity index (χ0v) is 7.68. The minimum atomic E-state index is -1.61. The van der Waals surface area contributed by atoms with E-state index in [0.29, 0.717) is 13.0 Å². The first-order chi connectivity index (χ1) is 6.22. The first-order valence-corrected chi connectivity index (χ1v) is 4.91. The number of nitrogens with one attached hydrogen (secondary N) is 1. The molecule has 0 aliphatic carbocycles. The van der Waals surface area contributed by atoms with Gasteiger partial charge in [0.1, 0.15) is 0 Å². The van der Waals surface area contributed by atoms with Gasteiger partial charge in [-0.1, -0.05) is 0 Å². The van der Waals surface area contributed by atoms with E-state index in [-0.39, 0.29) is 12.5 Å². The molecule has 0 aromatic heterocycles. The summed E-state index contributed by atoms with van der Waals surface area (Å²) < 4.78 is 13.9. The Morgan fingerprint density at radius 3 is 2.62 bits per heavy atom. The summed E-state index contributed by atoms with van der Waals surface area (Å²) >= 11 is 0. The molecule has 13 heavy (non-hydrogen) atoms. The maximum atomic E-state index is 13.9. The summed E-state index contributed by atoms with van der Waals surface area (Å²) in [6, 6.07) is 0. The van der Waals surface area contributed by atoms with Gasteiger partial charge in [0.2, 0.25) is 5.67 Å². The van der Waals surface area contributed by atoms with Crippen LogP contribution in [0.5, 0.6) is 0 Å². The Labute approximate surface area is 77.3 Å². The molecule has 4 heteroatoms. The number of likely N-dealkylation sites (tertiary alicyclic amines) is 1. The van der Waals surface area contributed by atoms with Crippen LogP contribution < -0.4 is 5.32 Å². The molecular formula is C9H15FN2O. The van der Waals surface area contributed by atoms with Crippen LogP contribution in [0.25, 0.3) is 0 Å². The van der Waals surface area contributed by atoms with Crippen molar-refractivity contribution in [2.24, 2.45) is 0 Å². The van der Waals surface area contributed by atoms with E-state index in [9.17, 15) is 9.18 Å². The summed E-state index contributed by atoms with van der Waals surface area (Å²) in [5.41, 5.74) is -1.61. The van der Waals surface area contributed by atoms with Gasteiger partial charge in [-0.05, 0) is 19.4 Å². The van der Waals surface area contributed by atoms with Crippen molar-refractivity contribution in [3.05, 3.63) is 0 Å². The van der Waals surface area contributed by atoms with E-state index in [1.807, 2.05) is 0 Å². The van der Waals surface area contributed by atoms with Gasteiger partial charge in [0.15, 0.2) is 0 Å². The molecule has 1 N–H and O–H groups in total. The molecule has 2 rings (SSSR count).